The summed E-state index contributed by atoms with van der Waals surface area (Å²) in [5, 5.41) is 8.47. The molecule has 0 aliphatic carbocycles. The van der Waals surface area contributed by atoms with Crippen LogP contribution in [0.25, 0.3) is 0 Å². The Labute approximate surface area is 69.2 Å². The van der Waals surface area contributed by atoms with Crippen LogP contribution in [0.15, 0.2) is 11.4 Å². The third kappa shape index (κ3) is 0.833. The molecule has 1 aliphatic rings. The third-order valence-corrected chi connectivity index (χ3v) is 3.34. The standard InChI is InChI=1S/C6H5N3O2S/c7-3-5-4-9-1-2-12(10,11)6(9)8-5/h4H,1-2H2. The molecule has 0 N–H and O–H groups in total. The highest BCUT2D eigenvalue weighted by Crippen LogP contribution is 2.17. The molecular weight excluding hydrogens is 178 g/mol. The van der Waals surface area contributed by atoms with Gasteiger partial charge in [0, 0.05) is 12.7 Å². The van der Waals surface area contributed by atoms with Crippen LogP contribution in [0.5, 0.6) is 0 Å². The Bertz CT molecular complexity index is 465. The zero-order valence-electron chi connectivity index (χ0n) is 6.06. The first-order valence-corrected chi connectivity index (χ1v) is 4.99. The molecule has 0 fully saturated rings. The van der Waals surface area contributed by atoms with Gasteiger partial charge in [0.2, 0.25) is 15.0 Å². The molecule has 6 heteroatoms. The van der Waals surface area contributed by atoms with Gasteiger partial charge in [-0.1, -0.05) is 0 Å². The average molecular weight is 183 g/mol. The fourth-order valence-corrected chi connectivity index (χ4v) is 2.53. The van der Waals surface area contributed by atoms with Crippen LogP contribution in [0, 0.1) is 11.3 Å². The van der Waals surface area contributed by atoms with Crippen molar-refractivity contribution in [1.29, 1.82) is 5.26 Å². The van der Waals surface area contributed by atoms with Crippen LogP contribution < -0.4 is 0 Å². The lowest BCUT2D eigenvalue weighted by atomic mass is 10.5. The molecule has 0 amide bonds. The van der Waals surface area contributed by atoms with Crippen molar-refractivity contribution in [2.75, 3.05) is 5.75 Å². The largest absolute Gasteiger partial charge is 0.319 e. The molecule has 0 aromatic carbocycles. The summed E-state index contributed by atoms with van der Waals surface area (Å²) in [5.41, 5.74) is 0.160. The van der Waals surface area contributed by atoms with Gasteiger partial charge in [-0.2, -0.15) is 5.26 Å². The average Bonchev–Trinajstić information content (AvgIpc) is 2.53. The second-order valence-electron chi connectivity index (χ2n) is 2.53. The number of aromatic nitrogens is 2. The molecule has 0 saturated carbocycles. The topological polar surface area (TPSA) is 75.8 Å². The van der Waals surface area contributed by atoms with E-state index in [9.17, 15) is 8.42 Å². The molecule has 0 spiro atoms. The predicted octanol–water partition coefficient (Wildman–Crippen LogP) is -0.458. The van der Waals surface area contributed by atoms with Crippen LogP contribution in [0.4, 0.5) is 0 Å². The summed E-state index contributed by atoms with van der Waals surface area (Å²) in [5.74, 6) is 0.0983. The van der Waals surface area contributed by atoms with Gasteiger partial charge in [-0.25, -0.2) is 13.4 Å². The van der Waals surface area contributed by atoms with Gasteiger partial charge in [-0.05, 0) is 0 Å². The third-order valence-electron chi connectivity index (χ3n) is 1.73. The molecule has 2 rings (SSSR count). The molecule has 62 valence electrons. The summed E-state index contributed by atoms with van der Waals surface area (Å²) in [6.07, 6.45) is 1.46. The summed E-state index contributed by atoms with van der Waals surface area (Å²) in [6, 6.07) is 1.80. The van der Waals surface area contributed by atoms with Crippen LogP contribution in [0.3, 0.4) is 0 Å². The monoisotopic (exact) mass is 183 g/mol. The van der Waals surface area contributed by atoms with Crippen LogP contribution in [0.1, 0.15) is 5.69 Å². The van der Waals surface area contributed by atoms with Gasteiger partial charge in [-0.3, -0.25) is 0 Å². The number of hydrogen-bond donors (Lipinski definition) is 0. The number of sulfone groups is 1. The van der Waals surface area contributed by atoms with Crippen LogP contribution in [0.2, 0.25) is 0 Å². The van der Waals surface area contributed by atoms with Gasteiger partial charge in [0.15, 0.2) is 5.69 Å². The first-order chi connectivity index (χ1) is 5.63. The van der Waals surface area contributed by atoms with E-state index in [1.165, 1.54) is 10.8 Å². The minimum atomic E-state index is -3.19. The lowest BCUT2D eigenvalue weighted by Gasteiger charge is -1.86. The van der Waals surface area contributed by atoms with Gasteiger partial charge in [0.1, 0.15) is 6.07 Å². The summed E-state index contributed by atoms with van der Waals surface area (Å²) >= 11 is 0. The molecule has 5 nitrogen and oxygen atoms in total. The normalized spacial score (nSPS) is 18.6. The maximum Gasteiger partial charge on any atom is 0.229 e. The molecule has 0 saturated heterocycles. The van der Waals surface area contributed by atoms with Crippen molar-refractivity contribution in [1.82, 2.24) is 9.55 Å². The molecular formula is C6H5N3O2S. The Balaban J connectivity index is 2.69. The van der Waals surface area contributed by atoms with Crippen molar-refractivity contribution >= 4 is 9.84 Å². The number of nitrogens with zero attached hydrogens (tertiary/aromatic N) is 3. The van der Waals surface area contributed by atoms with E-state index in [4.69, 9.17) is 5.26 Å². The van der Waals surface area contributed by atoms with E-state index in [0.29, 0.717) is 6.54 Å². The van der Waals surface area contributed by atoms with E-state index < -0.39 is 9.84 Å². The molecule has 0 bridgehead atoms. The molecule has 1 aliphatic heterocycles. The van der Waals surface area contributed by atoms with E-state index in [2.05, 4.69) is 4.98 Å². The Hall–Kier alpha value is -1.35. The minimum Gasteiger partial charge on any atom is -0.319 e. The van der Waals surface area contributed by atoms with Gasteiger partial charge in [0.25, 0.3) is 0 Å². The number of hydrogen-bond acceptors (Lipinski definition) is 4. The van der Waals surface area contributed by atoms with Crippen molar-refractivity contribution in [3.8, 4) is 6.07 Å². The number of rotatable bonds is 0. The fraction of sp³-hybridized carbons (Fsp3) is 0.333. The quantitative estimate of drug-likeness (QED) is 0.545. The van der Waals surface area contributed by atoms with Gasteiger partial charge < -0.3 is 4.57 Å². The number of nitriles is 1. The molecule has 12 heavy (non-hydrogen) atoms. The zero-order chi connectivity index (χ0) is 8.77. The van der Waals surface area contributed by atoms with Crippen molar-refractivity contribution < 1.29 is 8.42 Å². The SMILES string of the molecule is N#Cc1cn2c(n1)S(=O)(=O)CC2. The highest BCUT2D eigenvalue weighted by Gasteiger charge is 2.28. The first-order valence-electron chi connectivity index (χ1n) is 3.33. The molecule has 0 radical (unpaired) electrons. The van der Waals surface area contributed by atoms with E-state index >= 15 is 0 Å². The smallest absolute Gasteiger partial charge is 0.229 e. The fourth-order valence-electron chi connectivity index (χ4n) is 1.17. The van der Waals surface area contributed by atoms with Gasteiger partial charge in [-0.15, -0.1) is 0 Å². The van der Waals surface area contributed by atoms with Crippen molar-refractivity contribution in [3.05, 3.63) is 11.9 Å². The summed E-state index contributed by atoms with van der Waals surface area (Å²) in [6.45, 7) is 0.409. The van der Waals surface area contributed by atoms with Crippen molar-refractivity contribution in [2.24, 2.45) is 0 Å². The second-order valence-corrected chi connectivity index (χ2v) is 4.54. The van der Waals surface area contributed by atoms with Gasteiger partial charge >= 0.3 is 0 Å². The van der Waals surface area contributed by atoms with E-state index in [1.807, 2.05) is 0 Å². The molecule has 0 unspecified atom stereocenters. The highest BCUT2D eigenvalue weighted by atomic mass is 32.2. The van der Waals surface area contributed by atoms with Crippen LogP contribution in [-0.4, -0.2) is 23.7 Å². The predicted molar refractivity (Wildman–Crippen MR) is 39.0 cm³/mol. The van der Waals surface area contributed by atoms with Crippen LogP contribution >= 0.6 is 0 Å². The maximum atomic E-state index is 11.2. The molecule has 1 aromatic heterocycles. The Morgan fingerprint density at radius 1 is 1.67 bits per heavy atom. The van der Waals surface area contributed by atoms with E-state index in [0.717, 1.165) is 0 Å². The summed E-state index contributed by atoms with van der Waals surface area (Å²) in [7, 11) is -3.19. The lowest BCUT2D eigenvalue weighted by Crippen LogP contribution is -2.00. The van der Waals surface area contributed by atoms with E-state index in [1.54, 1.807) is 6.07 Å². The molecule has 2 heterocycles. The highest BCUT2D eigenvalue weighted by molar-refractivity contribution is 7.91. The lowest BCUT2D eigenvalue weighted by molar-refractivity contribution is 0.594. The Morgan fingerprint density at radius 2 is 2.42 bits per heavy atom. The summed E-state index contributed by atoms with van der Waals surface area (Å²) in [4.78, 5) is 3.68. The second kappa shape index (κ2) is 2.08. The molecule has 1 aromatic rings. The minimum absolute atomic E-state index is 0.0269. The maximum absolute atomic E-state index is 11.2. The molecule has 0 atom stereocenters. The Kier molecular flexibility index (Phi) is 1.26. The number of aryl methyl sites for hydroxylation is 1. The zero-order valence-corrected chi connectivity index (χ0v) is 6.87. The first kappa shape index (κ1) is 7.31. The van der Waals surface area contributed by atoms with Crippen LogP contribution in [-0.2, 0) is 16.4 Å². The van der Waals surface area contributed by atoms with Gasteiger partial charge in [0.05, 0.1) is 5.75 Å². The van der Waals surface area contributed by atoms with Crippen molar-refractivity contribution in [2.45, 2.75) is 11.7 Å². The summed E-state index contributed by atoms with van der Waals surface area (Å²) < 4.78 is 23.9. The number of fused-ring (bicyclic) bond motifs is 1. The number of imidazole rings is 1. The van der Waals surface area contributed by atoms with E-state index in [-0.39, 0.29) is 16.6 Å². The van der Waals surface area contributed by atoms with Crippen molar-refractivity contribution in [3.63, 3.8) is 0 Å². The Morgan fingerprint density at radius 3 is 3.00 bits per heavy atom.